The van der Waals surface area contributed by atoms with Crippen LogP contribution in [0.3, 0.4) is 0 Å². The molecule has 158 valence electrons. The Morgan fingerprint density at radius 1 is 1.33 bits per heavy atom. The van der Waals surface area contributed by atoms with Crippen molar-refractivity contribution in [2.24, 2.45) is 4.99 Å². The van der Waals surface area contributed by atoms with Crippen LogP contribution in [0, 0.1) is 18.6 Å². The molecule has 6 nitrogen and oxygen atoms in total. The number of ether oxygens (including phenoxy) is 1. The Kier molecular flexibility index (Phi) is 7.39. The number of aryl methyl sites for hydroxylation is 1. The molecule has 0 aliphatic carbocycles. The number of hydrogen-bond acceptors (Lipinski definition) is 5. The Morgan fingerprint density at radius 2 is 2.00 bits per heavy atom. The predicted molar refractivity (Wildman–Crippen MR) is 112 cm³/mol. The van der Waals surface area contributed by atoms with Crippen LogP contribution in [0.4, 0.5) is 8.78 Å². The zero-order valence-electron chi connectivity index (χ0n) is 16.9. The molecule has 0 unspecified atom stereocenters. The minimum Gasteiger partial charge on any atom is -0.485 e. The Morgan fingerprint density at radius 3 is 2.53 bits per heavy atom. The van der Waals surface area contributed by atoms with Gasteiger partial charge in [0.2, 0.25) is 0 Å². The van der Waals surface area contributed by atoms with E-state index in [4.69, 9.17) is 16.3 Å². The van der Waals surface area contributed by atoms with E-state index in [2.05, 4.69) is 16.7 Å². The summed E-state index contributed by atoms with van der Waals surface area (Å²) in [6.45, 7) is 9.54. The van der Waals surface area contributed by atoms with E-state index in [0.717, 1.165) is 11.8 Å². The fourth-order valence-electron chi connectivity index (χ4n) is 2.60. The highest BCUT2D eigenvalue weighted by Crippen LogP contribution is 2.26. The summed E-state index contributed by atoms with van der Waals surface area (Å²) in [6.07, 6.45) is 2.31. The van der Waals surface area contributed by atoms with Crippen molar-refractivity contribution in [3.63, 3.8) is 0 Å². The van der Waals surface area contributed by atoms with Gasteiger partial charge in [-0.2, -0.15) is 0 Å². The van der Waals surface area contributed by atoms with Gasteiger partial charge in [-0.05, 0) is 33.6 Å². The molecule has 0 N–H and O–H groups in total. The SMILES string of the molecule is C=N/C(=C\C(=C(C)C)n1c(C)cc(OCc2ncc(F)cc2F)c(Cl)c1=O)C(C)=O. The molecule has 0 aliphatic heterocycles. The molecule has 30 heavy (non-hydrogen) atoms. The van der Waals surface area contributed by atoms with Gasteiger partial charge in [0.1, 0.15) is 34.6 Å². The van der Waals surface area contributed by atoms with E-state index >= 15 is 0 Å². The van der Waals surface area contributed by atoms with Crippen LogP contribution in [0.2, 0.25) is 5.02 Å². The van der Waals surface area contributed by atoms with Crippen molar-refractivity contribution in [3.8, 4) is 5.75 Å². The molecule has 0 atom stereocenters. The molecule has 0 aliphatic rings. The minimum absolute atomic E-state index is 0.0201. The number of halogens is 3. The van der Waals surface area contributed by atoms with Gasteiger partial charge in [-0.3, -0.25) is 24.1 Å². The number of pyridine rings is 2. The molecule has 2 aromatic heterocycles. The van der Waals surface area contributed by atoms with Gasteiger partial charge in [0.15, 0.2) is 11.6 Å². The highest BCUT2D eigenvalue weighted by atomic mass is 35.5. The molecule has 0 radical (unpaired) electrons. The van der Waals surface area contributed by atoms with Crippen molar-refractivity contribution >= 4 is 29.8 Å². The van der Waals surface area contributed by atoms with Crippen molar-refractivity contribution in [2.45, 2.75) is 34.3 Å². The van der Waals surface area contributed by atoms with E-state index < -0.39 is 17.2 Å². The smallest absolute Gasteiger partial charge is 0.277 e. The molecule has 0 bridgehead atoms. The van der Waals surface area contributed by atoms with Crippen molar-refractivity contribution < 1.29 is 18.3 Å². The van der Waals surface area contributed by atoms with Crippen LogP contribution in [0.5, 0.6) is 5.75 Å². The maximum atomic E-state index is 13.8. The van der Waals surface area contributed by atoms with E-state index in [1.807, 2.05) is 0 Å². The fourth-order valence-corrected chi connectivity index (χ4v) is 2.80. The molecule has 2 heterocycles. The van der Waals surface area contributed by atoms with Crippen molar-refractivity contribution in [1.82, 2.24) is 9.55 Å². The average Bonchev–Trinajstić information content (AvgIpc) is 2.66. The molecular weight excluding hydrogens is 416 g/mol. The van der Waals surface area contributed by atoms with Crippen LogP contribution in [0.25, 0.3) is 5.70 Å². The largest absolute Gasteiger partial charge is 0.485 e. The standard InChI is InChI=1S/C21H20ClF2N3O3/c1-11(2)18(8-16(25-5)13(4)28)27-12(3)6-19(20(22)21(27)29)30-10-17-15(24)7-14(23)9-26-17/h6-9H,5,10H2,1-4H3/b16-8-. The second-order valence-electron chi connectivity index (χ2n) is 6.60. The van der Waals surface area contributed by atoms with Gasteiger partial charge in [-0.15, -0.1) is 0 Å². The normalized spacial score (nSPS) is 11.2. The first-order chi connectivity index (χ1) is 14.1. The lowest BCUT2D eigenvalue weighted by Gasteiger charge is -2.17. The summed E-state index contributed by atoms with van der Waals surface area (Å²) < 4.78 is 33.5. The number of hydrogen-bond donors (Lipinski definition) is 0. The zero-order valence-corrected chi connectivity index (χ0v) is 17.7. The highest BCUT2D eigenvalue weighted by molar-refractivity contribution is 6.31. The van der Waals surface area contributed by atoms with Gasteiger partial charge >= 0.3 is 0 Å². The summed E-state index contributed by atoms with van der Waals surface area (Å²) in [6, 6.07) is 2.18. The van der Waals surface area contributed by atoms with E-state index in [-0.39, 0.29) is 34.6 Å². The number of rotatable bonds is 7. The summed E-state index contributed by atoms with van der Waals surface area (Å²) in [5.41, 5.74) is 0.946. The lowest BCUT2D eigenvalue weighted by molar-refractivity contribution is -0.113. The van der Waals surface area contributed by atoms with Crippen LogP contribution in [0.1, 0.15) is 32.2 Å². The Labute approximate surface area is 177 Å². The lowest BCUT2D eigenvalue weighted by atomic mass is 10.1. The van der Waals surface area contributed by atoms with E-state index in [1.54, 1.807) is 20.8 Å². The second-order valence-corrected chi connectivity index (χ2v) is 6.98. The van der Waals surface area contributed by atoms with Gasteiger partial charge in [0.05, 0.1) is 6.20 Å². The predicted octanol–water partition coefficient (Wildman–Crippen LogP) is 4.49. The fraction of sp³-hybridized carbons (Fsp3) is 0.238. The first kappa shape index (κ1) is 23.2. The van der Waals surface area contributed by atoms with E-state index in [1.165, 1.54) is 23.6 Å². The van der Waals surface area contributed by atoms with Gasteiger partial charge in [0, 0.05) is 30.4 Å². The average molecular weight is 436 g/mol. The molecule has 0 saturated carbocycles. The topological polar surface area (TPSA) is 73.5 Å². The number of aliphatic imine (C=N–C) groups is 1. The van der Waals surface area contributed by atoms with Gasteiger partial charge in [-0.25, -0.2) is 8.78 Å². The number of allylic oxidation sites excluding steroid dienone is 4. The summed E-state index contributed by atoms with van der Waals surface area (Å²) in [5, 5.41) is -0.244. The monoisotopic (exact) mass is 435 g/mol. The number of Topliss-reactive ketones (excluding diaryl/α,β-unsaturated/α-hetero) is 1. The van der Waals surface area contributed by atoms with Crippen molar-refractivity contribution in [1.29, 1.82) is 0 Å². The van der Waals surface area contributed by atoms with E-state index in [0.29, 0.717) is 17.5 Å². The van der Waals surface area contributed by atoms with Crippen LogP contribution < -0.4 is 10.3 Å². The van der Waals surface area contributed by atoms with Crippen LogP contribution in [-0.4, -0.2) is 22.1 Å². The first-order valence-electron chi connectivity index (χ1n) is 8.78. The number of aromatic nitrogens is 2. The Balaban J connectivity index is 2.49. The molecule has 0 spiro atoms. The number of nitrogens with zero attached hydrogens (tertiary/aromatic N) is 3. The third-order valence-electron chi connectivity index (χ3n) is 4.11. The molecule has 0 amide bonds. The molecule has 9 heteroatoms. The maximum Gasteiger partial charge on any atom is 0.277 e. The Hall–Kier alpha value is -3.13. The lowest BCUT2D eigenvalue weighted by Crippen LogP contribution is -2.23. The molecular formula is C21H20ClF2N3O3. The third kappa shape index (κ3) is 5.07. The van der Waals surface area contributed by atoms with Crippen molar-refractivity contribution in [2.75, 3.05) is 0 Å². The summed E-state index contributed by atoms with van der Waals surface area (Å²) in [5.74, 6) is -1.98. The maximum absolute atomic E-state index is 13.8. The molecule has 2 rings (SSSR count). The molecule has 0 fully saturated rings. The molecule has 0 aromatic carbocycles. The Bertz CT molecular complexity index is 1130. The van der Waals surface area contributed by atoms with Gasteiger partial charge < -0.3 is 4.74 Å². The molecule has 2 aromatic rings. The number of ketones is 1. The third-order valence-corrected chi connectivity index (χ3v) is 4.45. The second kappa shape index (κ2) is 9.58. The summed E-state index contributed by atoms with van der Waals surface area (Å²) in [7, 11) is 0. The number of carbonyl (C=O) groups is 1. The van der Waals surface area contributed by atoms with Crippen molar-refractivity contribution in [3.05, 3.63) is 74.1 Å². The first-order valence-corrected chi connectivity index (χ1v) is 9.16. The highest BCUT2D eigenvalue weighted by Gasteiger charge is 2.17. The number of carbonyl (C=O) groups excluding carboxylic acids is 1. The van der Waals surface area contributed by atoms with E-state index in [9.17, 15) is 18.4 Å². The van der Waals surface area contributed by atoms with Crippen LogP contribution in [-0.2, 0) is 11.4 Å². The quantitative estimate of drug-likeness (QED) is 0.365. The summed E-state index contributed by atoms with van der Waals surface area (Å²) in [4.78, 5) is 32.0. The molecule has 0 saturated heterocycles. The van der Waals surface area contributed by atoms with Crippen LogP contribution >= 0.6 is 11.6 Å². The van der Waals surface area contributed by atoms with Gasteiger partial charge in [0.25, 0.3) is 5.56 Å². The zero-order chi connectivity index (χ0) is 22.6. The van der Waals surface area contributed by atoms with Gasteiger partial charge in [-0.1, -0.05) is 17.2 Å². The minimum atomic E-state index is -0.873. The van der Waals surface area contributed by atoms with Crippen LogP contribution in [0.15, 0.2) is 45.5 Å². The summed E-state index contributed by atoms with van der Waals surface area (Å²) >= 11 is 6.20.